The van der Waals surface area contributed by atoms with Gasteiger partial charge in [0.25, 0.3) is 20.1 Å². The average molecular weight is 1610 g/mol. The number of ether oxygens (including phenoxy) is 3. The van der Waals surface area contributed by atoms with Crippen LogP contribution in [0.25, 0.3) is 109 Å². The fourth-order valence-electron chi connectivity index (χ4n) is 19.8. The lowest BCUT2D eigenvalue weighted by Gasteiger charge is -2.29. The number of furan rings is 2. The highest BCUT2D eigenvalue weighted by atomic mass is 32.1. The van der Waals surface area contributed by atoms with E-state index in [1.807, 2.05) is 35.6 Å². The largest absolute Gasteiger partial charge is 0.470 e. The van der Waals surface area contributed by atoms with Crippen molar-refractivity contribution in [3.8, 4) is 112 Å². The van der Waals surface area contributed by atoms with Crippen molar-refractivity contribution >= 4 is 147 Å². The molecule has 584 valence electrons. The number of anilines is 6. The van der Waals surface area contributed by atoms with Crippen LogP contribution in [-0.4, -0.2) is 20.1 Å². The molecule has 17 aromatic carbocycles. The summed E-state index contributed by atoms with van der Waals surface area (Å²) in [5.74, 6) is 6.40. The smallest absolute Gasteiger partial charge is 0.297 e. The molecular weight excluding hydrogens is 1530 g/mol. The fourth-order valence-corrected chi connectivity index (χ4v) is 21.1. The minimum Gasteiger partial charge on any atom is -0.470 e. The average Bonchev–Trinajstić information content (AvgIpc) is 1.55. The molecule has 20 aromatic rings. The van der Waals surface area contributed by atoms with E-state index in [1.54, 1.807) is 0 Å². The second kappa shape index (κ2) is 29.1. The number of aryl methyl sites for hydroxylation is 1. The summed E-state index contributed by atoms with van der Waals surface area (Å²) in [6, 6.07) is 140. The zero-order chi connectivity index (χ0) is 82.4. The van der Waals surface area contributed by atoms with Crippen LogP contribution in [-0.2, 0) is 5.41 Å². The quantitative estimate of drug-likeness (QED) is 0.126. The number of hydrogen-bond donors (Lipinski definition) is 0. The van der Waals surface area contributed by atoms with Crippen molar-refractivity contribution in [2.24, 2.45) is 0 Å². The summed E-state index contributed by atoms with van der Waals surface area (Å²) in [4.78, 5) is 5.96. The second-order valence-corrected chi connectivity index (χ2v) is 35.1. The van der Waals surface area contributed by atoms with Crippen molar-refractivity contribution in [1.82, 2.24) is 0 Å². The Morgan fingerprint density at radius 3 is 1.27 bits per heavy atom. The second-order valence-electron chi connectivity index (χ2n) is 34.1. The lowest BCUT2D eigenvalue weighted by atomic mass is 9.37. The number of rotatable bonds is 10. The van der Waals surface area contributed by atoms with Crippen molar-refractivity contribution in [1.29, 1.82) is 0 Å². The molecule has 124 heavy (non-hydrogen) atoms. The third-order valence-electron chi connectivity index (χ3n) is 25.6. The Hall–Kier alpha value is -15.0. The zero-order valence-electron chi connectivity index (χ0n) is 68.6. The first kappa shape index (κ1) is 72.9. The monoisotopic (exact) mass is 1610 g/mol. The number of fused-ring (bicyclic) bond motifs is 21. The first-order chi connectivity index (χ1) is 61.0. The number of hydrogen-bond acceptors (Lipinski definition) is 8. The molecule has 0 amide bonds. The maximum atomic E-state index is 6.88. The molecule has 0 fully saturated rings. The number of para-hydroxylation sites is 5. The van der Waals surface area contributed by atoms with Gasteiger partial charge >= 0.3 is 0 Å². The van der Waals surface area contributed by atoms with E-state index in [1.165, 1.54) is 97.6 Å². The molecule has 0 saturated carbocycles. The highest BCUT2D eigenvalue weighted by Gasteiger charge is 2.49. The van der Waals surface area contributed by atoms with E-state index in [9.17, 15) is 0 Å². The van der Waals surface area contributed by atoms with Crippen molar-refractivity contribution in [3.63, 3.8) is 0 Å². The Labute approximate surface area is 725 Å². The Bertz CT molecular complexity index is 7560. The van der Waals surface area contributed by atoms with Gasteiger partial charge in [-0.3, -0.25) is 0 Å². The van der Waals surface area contributed by atoms with Crippen molar-refractivity contribution in [2.45, 2.75) is 33.1 Å². The van der Waals surface area contributed by atoms with Gasteiger partial charge in [-0.15, -0.1) is 11.3 Å². The van der Waals surface area contributed by atoms with Crippen LogP contribution in [0.4, 0.5) is 34.1 Å². The predicted molar refractivity (Wildman–Crippen MR) is 519 cm³/mol. The highest BCUT2D eigenvalue weighted by Crippen LogP contribution is 2.50. The summed E-state index contributed by atoms with van der Waals surface area (Å²) in [6.45, 7) is 9.06. The number of nitrogens with zero attached hydrogens (tertiary/aromatic N) is 2. The first-order valence-corrected chi connectivity index (χ1v) is 43.5. The Morgan fingerprint density at radius 2 is 0.702 bits per heavy atom. The van der Waals surface area contributed by atoms with Crippen molar-refractivity contribution in [3.05, 3.63) is 405 Å². The van der Waals surface area contributed by atoms with Crippen LogP contribution in [0.15, 0.2) is 403 Å². The Balaban J connectivity index is 0.000000105. The van der Waals surface area contributed by atoms with Gasteiger partial charge in [0.2, 0.25) is 0 Å². The number of benzene rings is 17. The summed E-state index contributed by atoms with van der Waals surface area (Å²) in [5, 5.41) is 3.67. The van der Waals surface area contributed by atoms with Crippen LogP contribution in [0, 0.1) is 6.92 Å². The van der Waals surface area contributed by atoms with Gasteiger partial charge in [0.1, 0.15) is 51.4 Å². The van der Waals surface area contributed by atoms with E-state index in [4.69, 9.17) is 23.0 Å². The molecule has 0 saturated heterocycles. The molecule has 0 aliphatic carbocycles. The van der Waals surface area contributed by atoms with Gasteiger partial charge in [-0.2, -0.15) is 0 Å². The molecule has 7 nitrogen and oxygen atoms in total. The minimum absolute atomic E-state index is 0.00567. The molecule has 26 rings (SSSR count). The summed E-state index contributed by atoms with van der Waals surface area (Å²) in [7, 11) is 0. The van der Waals surface area contributed by atoms with E-state index in [2.05, 4.69) is 408 Å². The lowest BCUT2D eigenvalue weighted by Crippen LogP contribution is -2.52. The van der Waals surface area contributed by atoms with Crippen LogP contribution in [0.5, 0.6) is 34.5 Å². The third kappa shape index (κ3) is 12.1. The molecule has 0 atom stereocenters. The molecular formula is C113H77B3N2O5S. The van der Waals surface area contributed by atoms with Crippen molar-refractivity contribution < 1.29 is 23.0 Å². The van der Waals surface area contributed by atoms with Gasteiger partial charge in [0.05, 0.1) is 11.3 Å². The molecule has 0 bridgehead atoms. The fraction of sp³-hybridized carbons (Fsp3) is 0.0442. The zero-order valence-corrected chi connectivity index (χ0v) is 69.4. The van der Waals surface area contributed by atoms with E-state index >= 15 is 0 Å². The molecule has 9 heterocycles. The van der Waals surface area contributed by atoms with E-state index < -0.39 is 0 Å². The number of thiophene rings is 1. The van der Waals surface area contributed by atoms with Crippen LogP contribution in [0.2, 0.25) is 0 Å². The normalized spacial score (nSPS) is 12.7. The van der Waals surface area contributed by atoms with E-state index in [0.717, 1.165) is 141 Å². The van der Waals surface area contributed by atoms with Gasteiger partial charge in [0.15, 0.2) is 0 Å². The van der Waals surface area contributed by atoms with Gasteiger partial charge < -0.3 is 32.8 Å². The van der Waals surface area contributed by atoms with Crippen LogP contribution in [0.1, 0.15) is 31.9 Å². The van der Waals surface area contributed by atoms with Crippen LogP contribution < -0.4 is 73.4 Å². The first-order valence-electron chi connectivity index (χ1n) is 42.7. The molecule has 0 unspecified atom stereocenters. The molecule has 3 aromatic heterocycles. The molecule has 0 N–H and O–H groups in total. The predicted octanol–water partition coefficient (Wildman–Crippen LogP) is 24.8. The minimum atomic E-state index is 0.00567. The lowest BCUT2D eigenvalue weighted by molar-refractivity contribution is 0.488. The SMILES string of the molecule is Cc1ccc(-c2ccc3c(c2)Oc2cc(-c4ccccc4)cc4c2B3c2oc3cc(C(C)(C)C)ccc3c2-4)cc1.c1ccc(-c2cc3c4c(c2)-c2oc5ccccc5c2B4c2ccc(N(c4ccccc4)c4ccccc4)cc2O3)cc1.c1ccc(-c2ccc3c(c2)Oc2cc(N(c4ccccc4)c4ccccc4)cc4c2B3c2c-4sc3ccccc23)cc1. The van der Waals surface area contributed by atoms with Gasteiger partial charge in [-0.25, -0.2) is 0 Å². The topological polar surface area (TPSA) is 60.5 Å². The summed E-state index contributed by atoms with van der Waals surface area (Å²) >= 11 is 1.90. The van der Waals surface area contributed by atoms with Crippen LogP contribution >= 0.6 is 11.3 Å². The Morgan fingerprint density at radius 1 is 0.274 bits per heavy atom. The summed E-state index contributed by atoms with van der Waals surface area (Å²) < 4.78 is 35.2. The summed E-state index contributed by atoms with van der Waals surface area (Å²) in [6.07, 6.45) is 0. The molecule has 0 radical (unpaired) electrons. The maximum absolute atomic E-state index is 6.88. The molecule has 6 aliphatic heterocycles. The molecule has 0 spiro atoms. The molecule has 6 aliphatic rings. The van der Waals surface area contributed by atoms with Gasteiger partial charge in [-0.1, -0.05) is 293 Å². The van der Waals surface area contributed by atoms with Gasteiger partial charge in [-0.05, 0) is 238 Å². The standard InChI is InChI=1S/C38H24BNO2.C38H24BNOS.C37H29BO2/c1-4-12-25(13-5-1)26-22-31-36-35(23-26)41-34-24-29(40(27-14-6-2-7-15-27)28-16-8-3-9-17-28)20-21-32(34)39(36)37-30-18-10-11-19-33(30)42-38(31)37;1-4-12-25(13-5-1)26-20-21-32-33(22-26)41-34-24-29(40(27-14-6-2-7-15-27)28-16-8-3-9-17-28)23-31-36(34)39(32)37-30-18-10-11-19-35(30)42-38(31)37;1-22-10-12-24(13-11-22)25-14-17-30-32(19-25)39-33-20-26(23-8-6-5-7-9-23)18-29-34-28-16-15-27(37(2,3)4)21-31(28)40-36(34)38(30)35(29)33/h2*1-24H;5-21H,1-4H3. The van der Waals surface area contributed by atoms with Gasteiger partial charge in [0, 0.05) is 72.0 Å². The third-order valence-corrected chi connectivity index (χ3v) is 26.8. The maximum Gasteiger partial charge on any atom is 0.297 e. The van der Waals surface area contributed by atoms with E-state index in [0.29, 0.717) is 0 Å². The highest BCUT2D eigenvalue weighted by molar-refractivity contribution is 7.27. The van der Waals surface area contributed by atoms with E-state index in [-0.39, 0.29) is 25.6 Å². The van der Waals surface area contributed by atoms with Crippen molar-refractivity contribution in [2.75, 3.05) is 9.80 Å². The molecule has 11 heteroatoms. The summed E-state index contributed by atoms with van der Waals surface area (Å²) in [5.41, 5.74) is 36.0. The van der Waals surface area contributed by atoms with Crippen LogP contribution in [0.3, 0.4) is 0 Å². The Kier molecular flexibility index (Phi) is 17.1.